The lowest BCUT2D eigenvalue weighted by Crippen LogP contribution is -2.34. The number of anilines is 1. The summed E-state index contributed by atoms with van der Waals surface area (Å²) in [5.74, 6) is 0.901. The van der Waals surface area contributed by atoms with Gasteiger partial charge in [0.15, 0.2) is 11.5 Å². The molecule has 164 valence electrons. The summed E-state index contributed by atoms with van der Waals surface area (Å²) in [6.07, 6.45) is 1.09. The first kappa shape index (κ1) is 21.2. The molecule has 0 saturated carbocycles. The van der Waals surface area contributed by atoms with Gasteiger partial charge in [0, 0.05) is 37.8 Å². The number of hydrogen-bond acceptors (Lipinski definition) is 5. The Hall–Kier alpha value is -3.06. The molecule has 2 aromatic rings. The number of carbonyl (C=O) groups is 2. The van der Waals surface area contributed by atoms with Crippen LogP contribution in [0.15, 0.2) is 48.5 Å². The molecule has 2 aliphatic rings. The maximum atomic E-state index is 12.6. The average molecular weight is 424 g/mol. The van der Waals surface area contributed by atoms with E-state index in [1.165, 1.54) is 5.56 Å². The standard InChI is InChI=1S/C24H29N3O4/c1-26(16-18-6-3-2-4-7-18)11-5-10-25-24(29)19-14-23(28)27(17-19)20-8-9-21-22(15-20)31-13-12-30-21/h2-4,6-9,15,19H,5,10-14,16-17H2,1H3,(H,25,29). The third-order valence-electron chi connectivity index (χ3n) is 5.64. The van der Waals surface area contributed by atoms with Crippen LogP contribution in [0.3, 0.4) is 0 Å². The molecule has 1 saturated heterocycles. The number of amides is 2. The molecule has 1 N–H and O–H groups in total. The van der Waals surface area contributed by atoms with Crippen molar-refractivity contribution in [3.63, 3.8) is 0 Å². The predicted octanol–water partition coefficient (Wildman–Crippen LogP) is 2.45. The summed E-state index contributed by atoms with van der Waals surface area (Å²) in [4.78, 5) is 29.0. The van der Waals surface area contributed by atoms with Crippen molar-refractivity contribution < 1.29 is 19.1 Å². The number of benzene rings is 2. The highest BCUT2D eigenvalue weighted by Crippen LogP contribution is 2.35. The number of carbonyl (C=O) groups excluding carboxylic acids is 2. The number of ether oxygens (including phenoxy) is 2. The molecule has 1 atom stereocenters. The Balaban J connectivity index is 1.22. The van der Waals surface area contributed by atoms with Gasteiger partial charge in [-0.15, -0.1) is 0 Å². The first-order valence-electron chi connectivity index (χ1n) is 10.8. The van der Waals surface area contributed by atoms with Gasteiger partial charge in [0.05, 0.1) is 5.92 Å². The largest absolute Gasteiger partial charge is 0.486 e. The fourth-order valence-electron chi connectivity index (χ4n) is 4.01. The van der Waals surface area contributed by atoms with Crippen molar-refractivity contribution in [3.8, 4) is 11.5 Å². The van der Waals surface area contributed by atoms with E-state index in [0.29, 0.717) is 37.8 Å². The van der Waals surface area contributed by atoms with E-state index in [2.05, 4.69) is 29.4 Å². The van der Waals surface area contributed by atoms with Crippen LogP contribution >= 0.6 is 0 Å². The zero-order valence-electron chi connectivity index (χ0n) is 17.9. The quantitative estimate of drug-likeness (QED) is 0.661. The van der Waals surface area contributed by atoms with E-state index in [1.807, 2.05) is 36.4 Å². The molecule has 7 heteroatoms. The average Bonchev–Trinajstić information content (AvgIpc) is 3.18. The zero-order chi connectivity index (χ0) is 21.6. The minimum Gasteiger partial charge on any atom is -0.486 e. The van der Waals surface area contributed by atoms with Crippen LogP contribution < -0.4 is 19.7 Å². The molecule has 2 aromatic carbocycles. The van der Waals surface area contributed by atoms with Crippen molar-refractivity contribution in [1.82, 2.24) is 10.2 Å². The summed E-state index contributed by atoms with van der Waals surface area (Å²) in [6.45, 7) is 3.79. The molecule has 0 bridgehead atoms. The molecular weight excluding hydrogens is 394 g/mol. The van der Waals surface area contributed by atoms with Crippen molar-refractivity contribution in [2.45, 2.75) is 19.4 Å². The van der Waals surface area contributed by atoms with Gasteiger partial charge in [-0.05, 0) is 37.7 Å². The third kappa shape index (κ3) is 5.35. The van der Waals surface area contributed by atoms with Gasteiger partial charge in [-0.1, -0.05) is 30.3 Å². The number of fused-ring (bicyclic) bond motifs is 1. The van der Waals surface area contributed by atoms with Crippen LogP contribution in [0.1, 0.15) is 18.4 Å². The van der Waals surface area contributed by atoms with Crippen LogP contribution in [0.2, 0.25) is 0 Å². The minimum absolute atomic E-state index is 0.0422. The van der Waals surface area contributed by atoms with Crippen LogP contribution in [0, 0.1) is 5.92 Å². The highest BCUT2D eigenvalue weighted by molar-refractivity contribution is 6.00. The summed E-state index contributed by atoms with van der Waals surface area (Å²) >= 11 is 0. The molecule has 0 aliphatic carbocycles. The van der Waals surface area contributed by atoms with Gasteiger partial charge in [0.2, 0.25) is 11.8 Å². The zero-order valence-corrected chi connectivity index (χ0v) is 17.9. The van der Waals surface area contributed by atoms with E-state index in [9.17, 15) is 9.59 Å². The molecule has 1 unspecified atom stereocenters. The molecule has 1 fully saturated rings. The van der Waals surface area contributed by atoms with Crippen molar-refractivity contribution in [2.24, 2.45) is 5.92 Å². The summed E-state index contributed by atoms with van der Waals surface area (Å²) < 4.78 is 11.1. The Morgan fingerprint density at radius 2 is 1.90 bits per heavy atom. The second-order valence-corrected chi connectivity index (χ2v) is 8.10. The van der Waals surface area contributed by atoms with Crippen molar-refractivity contribution >= 4 is 17.5 Å². The number of rotatable bonds is 8. The first-order chi connectivity index (χ1) is 15.1. The summed E-state index contributed by atoms with van der Waals surface area (Å²) in [7, 11) is 2.08. The summed E-state index contributed by atoms with van der Waals surface area (Å²) in [5.41, 5.74) is 2.02. The molecule has 0 spiro atoms. The Bertz CT molecular complexity index is 918. The van der Waals surface area contributed by atoms with Crippen LogP contribution in [0.5, 0.6) is 11.5 Å². The second-order valence-electron chi connectivity index (χ2n) is 8.10. The normalized spacial score (nSPS) is 17.8. The molecule has 4 rings (SSSR count). The Morgan fingerprint density at radius 3 is 2.71 bits per heavy atom. The molecule has 2 amide bonds. The van der Waals surface area contributed by atoms with Gasteiger partial charge in [-0.2, -0.15) is 0 Å². The first-order valence-corrected chi connectivity index (χ1v) is 10.8. The van der Waals surface area contributed by atoms with Crippen molar-refractivity contribution in [3.05, 3.63) is 54.1 Å². The van der Waals surface area contributed by atoms with Crippen LogP contribution in [-0.2, 0) is 16.1 Å². The van der Waals surface area contributed by atoms with Gasteiger partial charge < -0.3 is 24.6 Å². The second kappa shape index (κ2) is 9.83. The van der Waals surface area contributed by atoms with E-state index >= 15 is 0 Å². The van der Waals surface area contributed by atoms with Gasteiger partial charge in [0.1, 0.15) is 13.2 Å². The Kier molecular flexibility index (Phi) is 6.72. The lowest BCUT2D eigenvalue weighted by atomic mass is 10.1. The maximum Gasteiger partial charge on any atom is 0.227 e. The molecule has 7 nitrogen and oxygen atoms in total. The highest BCUT2D eigenvalue weighted by Gasteiger charge is 2.35. The Labute approximate surface area is 182 Å². The smallest absolute Gasteiger partial charge is 0.227 e. The topological polar surface area (TPSA) is 71.1 Å². The van der Waals surface area contributed by atoms with E-state index in [4.69, 9.17) is 9.47 Å². The maximum absolute atomic E-state index is 12.6. The van der Waals surface area contributed by atoms with Gasteiger partial charge >= 0.3 is 0 Å². The van der Waals surface area contributed by atoms with Crippen molar-refractivity contribution in [2.75, 3.05) is 44.8 Å². The molecular formula is C24H29N3O4. The van der Waals surface area contributed by atoms with Crippen LogP contribution in [0.25, 0.3) is 0 Å². The van der Waals surface area contributed by atoms with Gasteiger partial charge in [0.25, 0.3) is 0 Å². The molecule has 2 aliphatic heterocycles. The predicted molar refractivity (Wildman–Crippen MR) is 118 cm³/mol. The monoisotopic (exact) mass is 423 g/mol. The van der Waals surface area contributed by atoms with Crippen LogP contribution in [-0.4, -0.2) is 56.6 Å². The van der Waals surface area contributed by atoms with E-state index in [-0.39, 0.29) is 24.2 Å². The number of nitrogens with one attached hydrogen (secondary N) is 1. The SMILES string of the molecule is CN(CCCNC(=O)C1CC(=O)N(c2ccc3c(c2)OCCO3)C1)Cc1ccccc1. The van der Waals surface area contributed by atoms with Crippen LogP contribution in [0.4, 0.5) is 5.69 Å². The number of nitrogens with zero attached hydrogens (tertiary/aromatic N) is 2. The van der Waals surface area contributed by atoms with Crippen molar-refractivity contribution in [1.29, 1.82) is 0 Å². The molecule has 2 heterocycles. The summed E-state index contributed by atoms with van der Waals surface area (Å²) in [5, 5.41) is 3.00. The van der Waals surface area contributed by atoms with E-state index in [1.54, 1.807) is 4.90 Å². The third-order valence-corrected chi connectivity index (χ3v) is 5.64. The lowest BCUT2D eigenvalue weighted by Gasteiger charge is -2.22. The molecule has 0 radical (unpaired) electrons. The minimum atomic E-state index is -0.331. The van der Waals surface area contributed by atoms with Gasteiger partial charge in [-0.25, -0.2) is 0 Å². The molecule has 0 aromatic heterocycles. The summed E-state index contributed by atoms with van der Waals surface area (Å²) in [6, 6.07) is 15.8. The molecule has 31 heavy (non-hydrogen) atoms. The van der Waals surface area contributed by atoms with Gasteiger partial charge in [-0.3, -0.25) is 9.59 Å². The van der Waals surface area contributed by atoms with E-state index in [0.717, 1.165) is 25.2 Å². The fourth-order valence-corrected chi connectivity index (χ4v) is 4.01. The number of hydrogen-bond donors (Lipinski definition) is 1. The lowest BCUT2D eigenvalue weighted by molar-refractivity contribution is -0.126. The Morgan fingerprint density at radius 1 is 1.13 bits per heavy atom. The van der Waals surface area contributed by atoms with E-state index < -0.39 is 0 Å². The highest BCUT2D eigenvalue weighted by atomic mass is 16.6. The fraction of sp³-hybridized carbons (Fsp3) is 0.417.